The molecule has 0 saturated carbocycles. The number of rotatable bonds is 7. The number of nitrogens with zero attached hydrogens (tertiary/aromatic N) is 6. The SMILES string of the molecule is c1ccc(-c2nc(-c3ccccc3)nc(-c3cccc(-c4cccc(-c5nc(-c6ccccc6)nc(-c6ccc7cc8c(cc7c6)oc6ccccc68)n5)c4)c3)n2)cc1. The Morgan fingerprint density at radius 2 is 0.644 bits per heavy atom. The zero-order valence-corrected chi connectivity index (χ0v) is 31.6. The van der Waals surface area contributed by atoms with Gasteiger partial charge in [0.05, 0.1) is 0 Å². The van der Waals surface area contributed by atoms with Crippen LogP contribution in [0.2, 0.25) is 0 Å². The second kappa shape index (κ2) is 14.4. The van der Waals surface area contributed by atoms with E-state index in [4.69, 9.17) is 34.3 Å². The van der Waals surface area contributed by atoms with E-state index in [1.54, 1.807) is 0 Å². The van der Waals surface area contributed by atoms with Crippen molar-refractivity contribution < 1.29 is 4.42 Å². The van der Waals surface area contributed by atoms with Crippen molar-refractivity contribution in [3.8, 4) is 79.5 Å². The largest absolute Gasteiger partial charge is 0.456 e. The maximum Gasteiger partial charge on any atom is 0.164 e. The van der Waals surface area contributed by atoms with Gasteiger partial charge in [-0.15, -0.1) is 0 Å². The molecule has 0 spiro atoms. The predicted molar refractivity (Wildman–Crippen MR) is 236 cm³/mol. The van der Waals surface area contributed by atoms with Crippen LogP contribution < -0.4 is 0 Å². The van der Waals surface area contributed by atoms with E-state index in [0.29, 0.717) is 34.9 Å². The van der Waals surface area contributed by atoms with E-state index in [-0.39, 0.29) is 0 Å². The van der Waals surface area contributed by atoms with Gasteiger partial charge in [0.25, 0.3) is 0 Å². The molecule has 0 aliphatic rings. The Morgan fingerprint density at radius 3 is 1.15 bits per heavy atom. The van der Waals surface area contributed by atoms with Crippen LogP contribution in [0, 0.1) is 0 Å². The average molecular weight is 757 g/mol. The molecule has 0 radical (unpaired) electrons. The molecule has 0 atom stereocenters. The van der Waals surface area contributed by atoms with Crippen molar-refractivity contribution >= 4 is 32.7 Å². The van der Waals surface area contributed by atoms with Crippen molar-refractivity contribution in [1.82, 2.24) is 29.9 Å². The summed E-state index contributed by atoms with van der Waals surface area (Å²) in [6, 6.07) is 65.5. The third-order valence-corrected chi connectivity index (χ3v) is 10.5. The first-order valence-corrected chi connectivity index (χ1v) is 19.4. The number of hydrogen-bond acceptors (Lipinski definition) is 7. The lowest BCUT2D eigenvalue weighted by atomic mass is 10.0. The van der Waals surface area contributed by atoms with E-state index in [1.807, 2.05) is 133 Å². The van der Waals surface area contributed by atoms with Crippen molar-refractivity contribution in [1.29, 1.82) is 0 Å². The van der Waals surface area contributed by atoms with Crippen LogP contribution >= 0.6 is 0 Å². The van der Waals surface area contributed by atoms with E-state index in [1.165, 1.54) is 0 Å². The second-order valence-corrected chi connectivity index (χ2v) is 14.4. The fraction of sp³-hybridized carbons (Fsp3) is 0. The number of fused-ring (bicyclic) bond motifs is 4. The van der Waals surface area contributed by atoms with Crippen molar-refractivity contribution in [2.45, 2.75) is 0 Å². The van der Waals surface area contributed by atoms with Crippen LogP contribution in [0.4, 0.5) is 0 Å². The van der Waals surface area contributed by atoms with E-state index in [2.05, 4.69) is 60.7 Å². The lowest BCUT2D eigenvalue weighted by molar-refractivity contribution is 0.669. The summed E-state index contributed by atoms with van der Waals surface area (Å²) in [5, 5.41) is 4.37. The van der Waals surface area contributed by atoms with Crippen LogP contribution in [-0.4, -0.2) is 29.9 Å². The van der Waals surface area contributed by atoms with Gasteiger partial charge in [0.15, 0.2) is 34.9 Å². The smallest absolute Gasteiger partial charge is 0.164 e. The zero-order valence-electron chi connectivity index (χ0n) is 31.6. The summed E-state index contributed by atoms with van der Waals surface area (Å²) in [6.45, 7) is 0. The Morgan fingerprint density at radius 1 is 0.237 bits per heavy atom. The Balaban J connectivity index is 0.995. The Bertz CT molecular complexity index is 3270. The van der Waals surface area contributed by atoms with Gasteiger partial charge in [0.2, 0.25) is 0 Å². The highest BCUT2D eigenvalue weighted by atomic mass is 16.3. The fourth-order valence-corrected chi connectivity index (χ4v) is 7.57. The molecule has 0 unspecified atom stereocenters. The van der Waals surface area contributed by atoms with E-state index in [9.17, 15) is 0 Å². The normalized spacial score (nSPS) is 11.4. The van der Waals surface area contributed by atoms with Gasteiger partial charge in [-0.05, 0) is 58.3 Å². The fourth-order valence-electron chi connectivity index (χ4n) is 7.57. The third-order valence-electron chi connectivity index (χ3n) is 10.5. The summed E-state index contributed by atoms with van der Waals surface area (Å²) in [7, 11) is 0. The summed E-state index contributed by atoms with van der Waals surface area (Å²) >= 11 is 0. The van der Waals surface area contributed by atoms with E-state index in [0.717, 1.165) is 77.2 Å². The van der Waals surface area contributed by atoms with Crippen molar-refractivity contribution in [2.24, 2.45) is 0 Å². The molecule has 3 heterocycles. The number of benzene rings is 8. The molecule has 0 fully saturated rings. The molecule has 0 aliphatic carbocycles. The molecule has 0 amide bonds. The minimum Gasteiger partial charge on any atom is -0.456 e. The Labute approximate surface area is 339 Å². The van der Waals surface area contributed by atoms with Gasteiger partial charge in [-0.1, -0.05) is 158 Å². The summed E-state index contributed by atoms with van der Waals surface area (Å²) in [6.07, 6.45) is 0. The molecule has 7 nitrogen and oxygen atoms in total. The van der Waals surface area contributed by atoms with Crippen molar-refractivity contribution in [2.75, 3.05) is 0 Å². The highest BCUT2D eigenvalue weighted by molar-refractivity contribution is 6.10. The van der Waals surface area contributed by atoms with Gasteiger partial charge < -0.3 is 4.42 Å². The van der Waals surface area contributed by atoms with Crippen LogP contribution in [0.15, 0.2) is 199 Å². The molecule has 0 saturated heterocycles. The summed E-state index contributed by atoms with van der Waals surface area (Å²) < 4.78 is 6.24. The minimum absolute atomic E-state index is 0.581. The molecule has 11 aromatic rings. The monoisotopic (exact) mass is 756 g/mol. The zero-order chi connectivity index (χ0) is 39.1. The van der Waals surface area contributed by atoms with Crippen LogP contribution in [0.5, 0.6) is 0 Å². The highest BCUT2D eigenvalue weighted by Crippen LogP contribution is 2.35. The second-order valence-electron chi connectivity index (χ2n) is 14.4. The van der Waals surface area contributed by atoms with Gasteiger partial charge in [0, 0.05) is 44.2 Å². The number of aromatic nitrogens is 6. The van der Waals surface area contributed by atoms with E-state index < -0.39 is 0 Å². The van der Waals surface area contributed by atoms with Gasteiger partial charge in [0.1, 0.15) is 11.2 Å². The van der Waals surface area contributed by atoms with Gasteiger partial charge in [-0.3, -0.25) is 0 Å². The Hall–Kier alpha value is -8.16. The minimum atomic E-state index is 0.581. The number of para-hydroxylation sites is 1. The quantitative estimate of drug-likeness (QED) is 0.160. The maximum atomic E-state index is 6.24. The number of hydrogen-bond donors (Lipinski definition) is 0. The first kappa shape index (κ1) is 34.1. The first-order chi connectivity index (χ1) is 29.2. The molecule has 8 aromatic carbocycles. The summed E-state index contributed by atoms with van der Waals surface area (Å²) in [5.41, 5.74) is 9.15. The topological polar surface area (TPSA) is 90.5 Å². The van der Waals surface area contributed by atoms with Crippen LogP contribution in [0.1, 0.15) is 0 Å². The molecule has 3 aromatic heterocycles. The lowest BCUT2D eigenvalue weighted by Crippen LogP contribution is -2.00. The van der Waals surface area contributed by atoms with Crippen LogP contribution in [0.25, 0.3) is 112 Å². The third kappa shape index (κ3) is 6.56. The molecule has 0 bridgehead atoms. The molecule has 276 valence electrons. The first-order valence-electron chi connectivity index (χ1n) is 19.4. The van der Waals surface area contributed by atoms with Gasteiger partial charge in [-0.2, -0.15) is 0 Å². The molecule has 0 N–H and O–H groups in total. The molecule has 59 heavy (non-hydrogen) atoms. The van der Waals surface area contributed by atoms with Crippen LogP contribution in [0.3, 0.4) is 0 Å². The summed E-state index contributed by atoms with van der Waals surface area (Å²) in [5.74, 6) is 3.61. The van der Waals surface area contributed by atoms with Gasteiger partial charge in [-0.25, -0.2) is 29.9 Å². The van der Waals surface area contributed by atoms with E-state index >= 15 is 0 Å². The molecular formula is C52H32N6O. The maximum absolute atomic E-state index is 6.24. The molecule has 0 aliphatic heterocycles. The summed E-state index contributed by atoms with van der Waals surface area (Å²) in [4.78, 5) is 30.0. The molecule has 11 rings (SSSR count). The predicted octanol–water partition coefficient (Wildman–Crippen LogP) is 12.8. The van der Waals surface area contributed by atoms with Crippen molar-refractivity contribution in [3.05, 3.63) is 194 Å². The van der Waals surface area contributed by atoms with Gasteiger partial charge >= 0.3 is 0 Å². The Kier molecular flexibility index (Phi) is 8.33. The molecule has 7 heteroatoms. The molecular weight excluding hydrogens is 725 g/mol. The van der Waals surface area contributed by atoms with Crippen LogP contribution in [-0.2, 0) is 0 Å². The lowest BCUT2D eigenvalue weighted by Gasteiger charge is -2.11. The van der Waals surface area contributed by atoms with Crippen molar-refractivity contribution in [3.63, 3.8) is 0 Å². The average Bonchev–Trinajstić information content (AvgIpc) is 3.68. The number of furan rings is 1. The standard InChI is InChI=1S/C52H32N6O/c1-4-14-33(15-5-1)47-53-48(34-16-6-2-7-17-34)55-50(54-47)39-22-12-20-36(28-39)37-21-13-23-40(29-37)51-56-49(35-18-8-3-9-19-35)57-52(58-51)41-27-26-38-31-44-43-24-10-11-25-45(43)59-46(44)32-42(38)30-41/h1-32H. The highest BCUT2D eigenvalue weighted by Gasteiger charge is 2.16.